The van der Waals surface area contributed by atoms with E-state index in [0.29, 0.717) is 11.5 Å². The van der Waals surface area contributed by atoms with Gasteiger partial charge in [-0.3, -0.25) is 4.79 Å². The Balaban J connectivity index is 1.32. The van der Waals surface area contributed by atoms with Gasteiger partial charge >= 0.3 is 0 Å². The minimum Gasteiger partial charge on any atom is -0.366 e. The Morgan fingerprint density at radius 2 is 1.29 bits per heavy atom. The second-order valence-corrected chi connectivity index (χ2v) is 9.66. The maximum atomic E-state index is 11.2. The molecular formula is C26H41NO. The quantitative estimate of drug-likeness (QED) is 0.449. The van der Waals surface area contributed by atoms with Gasteiger partial charge in [0.25, 0.3) is 0 Å². The van der Waals surface area contributed by atoms with Crippen molar-refractivity contribution in [2.45, 2.75) is 103 Å². The van der Waals surface area contributed by atoms with Crippen LogP contribution in [0.2, 0.25) is 0 Å². The fraction of sp³-hybridized carbons (Fsp3) is 0.731. The number of amides is 1. The first-order valence-corrected chi connectivity index (χ1v) is 12.1. The highest BCUT2D eigenvalue weighted by molar-refractivity contribution is 5.92. The molecule has 28 heavy (non-hydrogen) atoms. The lowest BCUT2D eigenvalue weighted by atomic mass is 9.74. The number of hydrogen-bond acceptors (Lipinski definition) is 1. The van der Waals surface area contributed by atoms with Crippen LogP contribution in [0.5, 0.6) is 0 Å². The largest absolute Gasteiger partial charge is 0.366 e. The summed E-state index contributed by atoms with van der Waals surface area (Å²) in [7, 11) is 0. The van der Waals surface area contributed by atoms with Gasteiger partial charge in [0.1, 0.15) is 0 Å². The van der Waals surface area contributed by atoms with E-state index < -0.39 is 0 Å². The fourth-order valence-electron chi connectivity index (χ4n) is 5.67. The van der Waals surface area contributed by atoms with E-state index in [0.717, 1.165) is 17.8 Å². The lowest BCUT2D eigenvalue weighted by Gasteiger charge is -2.32. The average molecular weight is 384 g/mol. The van der Waals surface area contributed by atoms with Crippen molar-refractivity contribution in [3.63, 3.8) is 0 Å². The van der Waals surface area contributed by atoms with Crippen molar-refractivity contribution in [2.75, 3.05) is 0 Å². The van der Waals surface area contributed by atoms with E-state index in [1.807, 2.05) is 12.1 Å². The number of rotatable bonds is 9. The summed E-state index contributed by atoms with van der Waals surface area (Å²) in [6.07, 6.45) is 20.1. The molecule has 0 spiro atoms. The van der Waals surface area contributed by atoms with Crippen LogP contribution >= 0.6 is 0 Å². The second-order valence-electron chi connectivity index (χ2n) is 9.66. The van der Waals surface area contributed by atoms with Crippen LogP contribution in [-0.2, 0) is 0 Å². The monoisotopic (exact) mass is 383 g/mol. The van der Waals surface area contributed by atoms with Crippen LogP contribution in [0.4, 0.5) is 0 Å². The predicted molar refractivity (Wildman–Crippen MR) is 118 cm³/mol. The highest BCUT2D eigenvalue weighted by Crippen LogP contribution is 2.40. The molecule has 2 aliphatic carbocycles. The first-order chi connectivity index (χ1) is 13.7. The topological polar surface area (TPSA) is 43.1 Å². The van der Waals surface area contributed by atoms with Crippen molar-refractivity contribution in [1.82, 2.24) is 0 Å². The van der Waals surface area contributed by atoms with Crippen LogP contribution in [0.3, 0.4) is 0 Å². The van der Waals surface area contributed by atoms with Gasteiger partial charge in [-0.2, -0.15) is 0 Å². The van der Waals surface area contributed by atoms with Crippen molar-refractivity contribution in [1.29, 1.82) is 0 Å². The highest BCUT2D eigenvalue weighted by Gasteiger charge is 2.25. The molecule has 3 rings (SSSR count). The minimum absolute atomic E-state index is 0.328. The number of hydrogen-bond donors (Lipinski definition) is 1. The van der Waals surface area contributed by atoms with Gasteiger partial charge in [0.05, 0.1) is 0 Å². The normalized spacial score (nSPS) is 28.2. The molecule has 2 N–H and O–H groups in total. The molecule has 0 saturated heterocycles. The number of carbonyl (C=O) groups excluding carboxylic acids is 1. The number of primary amides is 1. The minimum atomic E-state index is -0.328. The van der Waals surface area contributed by atoms with E-state index in [1.165, 1.54) is 95.5 Å². The third-order valence-electron chi connectivity index (χ3n) is 7.68. The molecule has 2 saturated carbocycles. The highest BCUT2D eigenvalue weighted by atomic mass is 16.1. The van der Waals surface area contributed by atoms with E-state index in [2.05, 4.69) is 19.1 Å². The number of carbonyl (C=O) groups is 1. The zero-order chi connectivity index (χ0) is 19.8. The molecule has 0 aromatic heterocycles. The van der Waals surface area contributed by atoms with Crippen LogP contribution in [0.25, 0.3) is 0 Å². The average Bonchev–Trinajstić information content (AvgIpc) is 2.74. The SMILES string of the molecule is CCCCCC1CCC(CCC2CCC(c3ccc(C(N)=O)cc3)CC2)CC1. The van der Waals surface area contributed by atoms with Gasteiger partial charge in [-0.1, -0.05) is 83.3 Å². The van der Waals surface area contributed by atoms with E-state index >= 15 is 0 Å². The molecule has 0 atom stereocenters. The van der Waals surface area contributed by atoms with Crippen LogP contribution < -0.4 is 5.73 Å². The van der Waals surface area contributed by atoms with E-state index in [1.54, 1.807) is 0 Å². The van der Waals surface area contributed by atoms with Gasteiger partial charge in [0.15, 0.2) is 0 Å². The van der Waals surface area contributed by atoms with Crippen molar-refractivity contribution in [3.05, 3.63) is 35.4 Å². The van der Waals surface area contributed by atoms with Gasteiger partial charge in [0.2, 0.25) is 5.91 Å². The molecule has 0 unspecified atom stereocenters. The molecular weight excluding hydrogens is 342 g/mol. The third-order valence-corrected chi connectivity index (χ3v) is 7.68. The Labute approximate surface area is 172 Å². The van der Waals surface area contributed by atoms with Gasteiger partial charge in [-0.25, -0.2) is 0 Å². The summed E-state index contributed by atoms with van der Waals surface area (Å²) in [5, 5.41) is 0. The molecule has 1 aromatic rings. The smallest absolute Gasteiger partial charge is 0.248 e. The summed E-state index contributed by atoms with van der Waals surface area (Å²) < 4.78 is 0. The number of benzene rings is 1. The molecule has 1 amide bonds. The summed E-state index contributed by atoms with van der Waals surface area (Å²) in [5.41, 5.74) is 7.37. The number of unbranched alkanes of at least 4 members (excludes halogenated alkanes) is 2. The molecule has 0 aliphatic heterocycles. The molecule has 0 radical (unpaired) electrons. The lowest BCUT2D eigenvalue weighted by molar-refractivity contribution is 0.100. The molecule has 0 heterocycles. The lowest BCUT2D eigenvalue weighted by Crippen LogP contribution is -2.18. The van der Waals surface area contributed by atoms with E-state index in [9.17, 15) is 4.79 Å². The third kappa shape index (κ3) is 6.36. The second kappa shape index (κ2) is 11.0. The Morgan fingerprint density at radius 3 is 1.79 bits per heavy atom. The summed E-state index contributed by atoms with van der Waals surface area (Å²) in [6.45, 7) is 2.31. The van der Waals surface area contributed by atoms with Crippen molar-refractivity contribution >= 4 is 5.91 Å². The first-order valence-electron chi connectivity index (χ1n) is 12.1. The number of nitrogens with two attached hydrogens (primary N) is 1. The molecule has 2 heteroatoms. The maximum absolute atomic E-state index is 11.2. The Morgan fingerprint density at radius 1 is 0.786 bits per heavy atom. The molecule has 2 fully saturated rings. The van der Waals surface area contributed by atoms with Crippen LogP contribution in [-0.4, -0.2) is 5.91 Å². The van der Waals surface area contributed by atoms with E-state index in [-0.39, 0.29) is 5.91 Å². The maximum Gasteiger partial charge on any atom is 0.248 e. The summed E-state index contributed by atoms with van der Waals surface area (Å²) >= 11 is 0. The Kier molecular flexibility index (Phi) is 8.43. The molecule has 2 nitrogen and oxygen atoms in total. The Bertz CT molecular complexity index is 577. The Hall–Kier alpha value is -1.31. The standard InChI is InChI=1S/C26H41NO/c1-2-3-4-5-20-6-8-21(9-7-20)10-11-22-12-14-23(15-13-22)24-16-18-25(19-17-24)26(27)28/h16-23H,2-15H2,1H3,(H2,27,28). The zero-order valence-corrected chi connectivity index (χ0v) is 18.0. The molecule has 1 aromatic carbocycles. The first kappa shape index (κ1) is 21.4. The molecule has 156 valence electrons. The van der Waals surface area contributed by atoms with Crippen molar-refractivity contribution in [3.8, 4) is 0 Å². The zero-order valence-electron chi connectivity index (χ0n) is 18.0. The predicted octanol–water partition coefficient (Wildman–Crippen LogP) is 7.23. The van der Waals surface area contributed by atoms with Gasteiger partial charge < -0.3 is 5.73 Å². The van der Waals surface area contributed by atoms with Gasteiger partial charge in [-0.15, -0.1) is 0 Å². The summed E-state index contributed by atoms with van der Waals surface area (Å²) in [6, 6.07) is 8.01. The molecule has 0 bridgehead atoms. The van der Waals surface area contributed by atoms with Gasteiger partial charge in [0, 0.05) is 5.56 Å². The van der Waals surface area contributed by atoms with Gasteiger partial charge in [-0.05, 0) is 67.1 Å². The van der Waals surface area contributed by atoms with E-state index in [4.69, 9.17) is 5.73 Å². The van der Waals surface area contributed by atoms with Crippen LogP contribution in [0, 0.1) is 17.8 Å². The van der Waals surface area contributed by atoms with Crippen LogP contribution in [0.1, 0.15) is 119 Å². The fourth-order valence-corrected chi connectivity index (χ4v) is 5.67. The summed E-state index contributed by atoms with van der Waals surface area (Å²) in [5.74, 6) is 3.35. The molecule has 2 aliphatic rings. The van der Waals surface area contributed by atoms with Crippen LogP contribution in [0.15, 0.2) is 24.3 Å². The summed E-state index contributed by atoms with van der Waals surface area (Å²) in [4.78, 5) is 11.2. The van der Waals surface area contributed by atoms with Crippen molar-refractivity contribution < 1.29 is 4.79 Å². The van der Waals surface area contributed by atoms with Crippen molar-refractivity contribution in [2.24, 2.45) is 23.5 Å².